The molecule has 0 spiro atoms. The van der Waals surface area contributed by atoms with Gasteiger partial charge in [-0.3, -0.25) is 18.3 Å². The van der Waals surface area contributed by atoms with Crippen LogP contribution in [-0.2, 0) is 29.2 Å². The number of rotatable bonds is 6. The van der Waals surface area contributed by atoms with E-state index in [1.54, 1.807) is 6.92 Å². The average molecular weight is 405 g/mol. The van der Waals surface area contributed by atoms with Crippen molar-refractivity contribution in [3.8, 4) is 0 Å². The number of carbonyl (C=O) groups excluding carboxylic acids is 1. The lowest BCUT2D eigenvalue weighted by Crippen LogP contribution is -2.35. The van der Waals surface area contributed by atoms with Crippen LogP contribution in [0.15, 0.2) is 11.0 Å². The van der Waals surface area contributed by atoms with Crippen LogP contribution in [0.4, 0.5) is 15.0 Å². The summed E-state index contributed by atoms with van der Waals surface area (Å²) < 4.78 is 47.2. The van der Waals surface area contributed by atoms with Gasteiger partial charge >= 0.3 is 23.1 Å². The molecular weight excluding hydrogens is 385 g/mol. The number of fused-ring (bicyclic) bond motifs is 1. The zero-order valence-electron chi connectivity index (χ0n) is 14.8. The van der Waals surface area contributed by atoms with Gasteiger partial charge in [-0.15, -0.1) is 0 Å². The number of halogens is 1. The second kappa shape index (κ2) is 8.42. The van der Waals surface area contributed by atoms with E-state index in [1.165, 1.54) is 0 Å². The second-order valence-electron chi connectivity index (χ2n) is 6.15. The van der Waals surface area contributed by atoms with E-state index >= 15 is 0 Å². The Morgan fingerprint density at radius 3 is 2.89 bits per heavy atom. The summed E-state index contributed by atoms with van der Waals surface area (Å²) in [6, 6.07) is 0. The second-order valence-corrected chi connectivity index (χ2v) is 6.95. The van der Waals surface area contributed by atoms with Gasteiger partial charge in [-0.25, -0.2) is 14.0 Å². The van der Waals surface area contributed by atoms with Crippen molar-refractivity contribution in [2.75, 3.05) is 11.9 Å². The minimum absolute atomic E-state index is 0.184. The van der Waals surface area contributed by atoms with Crippen molar-refractivity contribution in [3.05, 3.63) is 22.5 Å². The summed E-state index contributed by atoms with van der Waals surface area (Å²) in [4.78, 5) is 27.5. The third kappa shape index (κ3) is 4.34. The molecule has 1 N–H and O–H groups in total. The smallest absolute Gasteiger partial charge is 0.412 e. The Kier molecular flexibility index (Phi) is 6.19. The van der Waals surface area contributed by atoms with Gasteiger partial charge in [0, 0.05) is 0 Å². The van der Waals surface area contributed by atoms with Crippen molar-refractivity contribution in [2.45, 2.75) is 57.6 Å². The molecule has 2 aliphatic heterocycles. The third-order valence-electron chi connectivity index (χ3n) is 4.18. The Morgan fingerprint density at radius 2 is 2.15 bits per heavy atom. The van der Waals surface area contributed by atoms with Crippen molar-refractivity contribution in [1.82, 2.24) is 9.55 Å². The Balaban J connectivity index is 1.71. The molecule has 0 aliphatic carbocycles. The first kappa shape index (κ1) is 19.9. The van der Waals surface area contributed by atoms with Gasteiger partial charge in [0.2, 0.25) is 0 Å². The minimum atomic E-state index is -1.96. The molecule has 10 nitrogen and oxygen atoms in total. The molecule has 5 atom stereocenters. The number of amides is 1. The van der Waals surface area contributed by atoms with Gasteiger partial charge in [-0.1, -0.05) is 19.8 Å². The molecular formula is C15H20FN3O7S. The normalized spacial score (nSPS) is 29.5. The molecule has 0 aromatic carbocycles. The molecule has 150 valence electrons. The molecule has 1 amide bonds. The Morgan fingerprint density at radius 1 is 1.41 bits per heavy atom. The van der Waals surface area contributed by atoms with Gasteiger partial charge < -0.3 is 9.47 Å². The summed E-state index contributed by atoms with van der Waals surface area (Å²) in [6.45, 7) is 3.85. The first-order valence-electron chi connectivity index (χ1n) is 8.54. The molecule has 3 heterocycles. The van der Waals surface area contributed by atoms with Crippen molar-refractivity contribution >= 4 is 23.3 Å². The van der Waals surface area contributed by atoms with E-state index in [0.717, 1.165) is 23.6 Å². The summed E-state index contributed by atoms with van der Waals surface area (Å²) in [6.07, 6.45) is -0.581. The fourth-order valence-corrected chi connectivity index (χ4v) is 3.71. The van der Waals surface area contributed by atoms with Gasteiger partial charge in [0.25, 0.3) is 0 Å². The monoisotopic (exact) mass is 405 g/mol. The highest BCUT2D eigenvalue weighted by molar-refractivity contribution is 7.75. The predicted octanol–water partition coefficient (Wildman–Crippen LogP) is 1.40. The van der Waals surface area contributed by atoms with Gasteiger partial charge in [-0.05, 0) is 13.3 Å². The molecule has 3 rings (SSSR count). The Bertz CT molecular complexity index is 789. The van der Waals surface area contributed by atoms with E-state index < -0.39 is 59.3 Å². The number of aromatic nitrogens is 2. The van der Waals surface area contributed by atoms with Crippen LogP contribution in [0.3, 0.4) is 0 Å². The topological polar surface area (TPSA) is 118 Å². The van der Waals surface area contributed by atoms with Crippen molar-refractivity contribution in [1.29, 1.82) is 0 Å². The molecule has 1 aromatic rings. The van der Waals surface area contributed by atoms with Crippen LogP contribution in [-0.4, -0.2) is 44.8 Å². The quantitative estimate of drug-likeness (QED) is 0.706. The number of carbonyl (C=O) groups is 1. The molecule has 1 aromatic heterocycles. The summed E-state index contributed by atoms with van der Waals surface area (Å²) in [5.41, 5.74) is -0.878. The van der Waals surface area contributed by atoms with Crippen LogP contribution < -0.4 is 11.0 Å². The summed E-state index contributed by atoms with van der Waals surface area (Å²) >= 11 is -1.96. The molecule has 0 bridgehead atoms. The van der Waals surface area contributed by atoms with E-state index in [-0.39, 0.29) is 6.61 Å². The lowest BCUT2D eigenvalue weighted by molar-refractivity contribution is -0.0311. The van der Waals surface area contributed by atoms with Crippen LogP contribution >= 0.6 is 0 Å². The first-order valence-corrected chi connectivity index (χ1v) is 9.54. The van der Waals surface area contributed by atoms with E-state index in [9.17, 15) is 18.2 Å². The number of hydrogen-bond donors (Lipinski definition) is 1. The molecule has 27 heavy (non-hydrogen) atoms. The van der Waals surface area contributed by atoms with Gasteiger partial charge in [0.1, 0.15) is 6.10 Å². The third-order valence-corrected chi connectivity index (χ3v) is 4.94. The number of nitrogens with one attached hydrogen (secondary N) is 1. The number of ether oxygens (including phenoxy) is 2. The molecule has 0 saturated carbocycles. The number of anilines is 1. The van der Waals surface area contributed by atoms with Crippen LogP contribution in [0.5, 0.6) is 0 Å². The molecule has 1 unspecified atom stereocenters. The van der Waals surface area contributed by atoms with E-state index in [4.69, 9.17) is 17.8 Å². The SMILES string of the molecule is CCCCCOC(=O)Nc1nc(=O)n([C@@H]2O[C@H](C)[C@H]3OS(=O)O[C@H]32)cc1F. The fourth-order valence-electron chi connectivity index (χ4n) is 2.83. The maximum Gasteiger partial charge on any atom is 0.412 e. The average Bonchev–Trinajstić information content (AvgIpc) is 3.13. The van der Waals surface area contributed by atoms with Gasteiger partial charge in [0.05, 0.1) is 18.9 Å². The molecule has 2 saturated heterocycles. The lowest BCUT2D eigenvalue weighted by Gasteiger charge is -2.18. The highest BCUT2D eigenvalue weighted by atomic mass is 32.2. The standard InChI is InChI=1S/C15H20FN3O7S/c1-3-4-5-6-23-15(21)18-12-9(16)7-19(14(20)17-12)13-11-10(8(2)24-13)25-27(22)26-11/h7-8,10-11,13H,3-6H2,1-2H3,(H,17,18,20,21)/t8-,10-,11-,13-,27?/m1/s1. The van der Waals surface area contributed by atoms with Crippen molar-refractivity contribution < 1.29 is 31.2 Å². The highest BCUT2D eigenvalue weighted by Crippen LogP contribution is 2.38. The van der Waals surface area contributed by atoms with Crippen molar-refractivity contribution in [2.24, 2.45) is 0 Å². The number of hydrogen-bond acceptors (Lipinski definition) is 8. The molecule has 2 aliphatic rings. The number of nitrogens with zero attached hydrogens (tertiary/aromatic N) is 2. The maximum absolute atomic E-state index is 14.3. The Labute approximate surface area is 156 Å². The van der Waals surface area contributed by atoms with E-state index in [0.29, 0.717) is 6.42 Å². The van der Waals surface area contributed by atoms with E-state index in [1.807, 2.05) is 6.92 Å². The summed E-state index contributed by atoms with van der Waals surface area (Å²) in [5.74, 6) is -1.51. The Hall–Kier alpha value is -1.89. The molecule has 0 radical (unpaired) electrons. The number of unbranched alkanes of at least 4 members (excludes halogenated alkanes) is 2. The predicted molar refractivity (Wildman–Crippen MR) is 90.4 cm³/mol. The first-order chi connectivity index (χ1) is 12.9. The van der Waals surface area contributed by atoms with Crippen LogP contribution in [0, 0.1) is 5.82 Å². The fraction of sp³-hybridized carbons (Fsp3) is 0.667. The zero-order chi connectivity index (χ0) is 19.6. The van der Waals surface area contributed by atoms with Crippen LogP contribution in [0.25, 0.3) is 0 Å². The summed E-state index contributed by atoms with van der Waals surface area (Å²) in [5, 5.41) is 2.10. The maximum atomic E-state index is 14.3. The highest BCUT2D eigenvalue weighted by Gasteiger charge is 2.52. The van der Waals surface area contributed by atoms with Crippen molar-refractivity contribution in [3.63, 3.8) is 0 Å². The van der Waals surface area contributed by atoms with E-state index in [2.05, 4.69) is 10.3 Å². The largest absolute Gasteiger partial charge is 0.449 e. The summed E-state index contributed by atoms with van der Waals surface area (Å²) in [7, 11) is 0. The molecule has 12 heteroatoms. The van der Waals surface area contributed by atoms with Gasteiger partial charge in [0.15, 0.2) is 24.0 Å². The van der Waals surface area contributed by atoms with Gasteiger partial charge in [-0.2, -0.15) is 9.19 Å². The molecule has 2 fully saturated rings. The lowest BCUT2D eigenvalue weighted by atomic mass is 10.1. The zero-order valence-corrected chi connectivity index (χ0v) is 15.6. The minimum Gasteiger partial charge on any atom is -0.449 e. The van der Waals surface area contributed by atoms with Crippen LogP contribution in [0.2, 0.25) is 0 Å². The van der Waals surface area contributed by atoms with Crippen LogP contribution in [0.1, 0.15) is 39.3 Å².